The van der Waals surface area contributed by atoms with Crippen molar-refractivity contribution in [3.63, 3.8) is 0 Å². The van der Waals surface area contributed by atoms with E-state index in [0.717, 1.165) is 0 Å². The Morgan fingerprint density at radius 2 is 2.10 bits per heavy atom. The highest BCUT2D eigenvalue weighted by molar-refractivity contribution is 7.89. The fourth-order valence-electron chi connectivity index (χ4n) is 2.29. The van der Waals surface area contributed by atoms with Gasteiger partial charge in [0, 0.05) is 25.8 Å². The maximum Gasteiger partial charge on any atom is 0.246 e. The summed E-state index contributed by atoms with van der Waals surface area (Å²) < 4.78 is 36.9. The summed E-state index contributed by atoms with van der Waals surface area (Å²) in [4.78, 5) is 0.0953. The topological polar surface area (TPSA) is 76.1 Å². The van der Waals surface area contributed by atoms with Crippen molar-refractivity contribution in [2.45, 2.75) is 11.3 Å². The summed E-state index contributed by atoms with van der Waals surface area (Å²) in [6.07, 6.45) is 0.669. The van der Waals surface area contributed by atoms with Crippen LogP contribution >= 0.6 is 0 Å². The Labute approximate surface area is 119 Å². The summed E-state index contributed by atoms with van der Waals surface area (Å²) in [6.45, 7) is 0.744. The van der Waals surface area contributed by atoms with Gasteiger partial charge in [-0.05, 0) is 24.5 Å². The van der Waals surface area contributed by atoms with E-state index in [1.165, 1.54) is 24.6 Å². The minimum Gasteiger partial charge on any atom is -0.497 e. The van der Waals surface area contributed by atoms with E-state index in [2.05, 4.69) is 0 Å². The number of sulfonamides is 1. The lowest BCUT2D eigenvalue weighted by Gasteiger charge is -2.18. The summed E-state index contributed by atoms with van der Waals surface area (Å²) in [6, 6.07) is 4.68. The molecule has 6 nitrogen and oxygen atoms in total. The Balaban J connectivity index is 2.38. The molecule has 1 fully saturated rings. The minimum atomic E-state index is -3.64. The van der Waals surface area contributed by atoms with Crippen LogP contribution in [0, 0.1) is 5.92 Å². The Morgan fingerprint density at radius 3 is 2.65 bits per heavy atom. The average molecular weight is 301 g/mol. The molecule has 1 aromatic carbocycles. The van der Waals surface area contributed by atoms with E-state index in [-0.39, 0.29) is 17.4 Å². The minimum absolute atomic E-state index is 0.00126. The molecule has 7 heteroatoms. The standard InChI is InChI=1S/C13H19NO5S/c1-18-11-3-4-12(19-2)13(7-11)20(16,17)14-6-5-10(8-14)9-15/h3-4,7,10,15H,5-6,8-9H2,1-2H3. The third-order valence-corrected chi connectivity index (χ3v) is 5.38. The molecule has 0 aliphatic carbocycles. The fraction of sp³-hybridized carbons (Fsp3) is 0.538. The first-order valence-corrected chi connectivity index (χ1v) is 7.80. The largest absolute Gasteiger partial charge is 0.497 e. The number of ether oxygens (including phenoxy) is 2. The number of rotatable bonds is 5. The van der Waals surface area contributed by atoms with Gasteiger partial charge in [0.1, 0.15) is 16.4 Å². The van der Waals surface area contributed by atoms with E-state index in [1.807, 2.05) is 0 Å². The highest BCUT2D eigenvalue weighted by Gasteiger charge is 2.34. The van der Waals surface area contributed by atoms with E-state index in [9.17, 15) is 8.42 Å². The zero-order valence-electron chi connectivity index (χ0n) is 11.6. The highest BCUT2D eigenvalue weighted by Crippen LogP contribution is 2.32. The smallest absolute Gasteiger partial charge is 0.246 e. The summed E-state index contributed by atoms with van der Waals surface area (Å²) in [5.41, 5.74) is 0. The summed E-state index contributed by atoms with van der Waals surface area (Å²) in [7, 11) is -0.726. The lowest BCUT2D eigenvalue weighted by atomic mass is 10.1. The van der Waals surface area contributed by atoms with E-state index in [4.69, 9.17) is 14.6 Å². The summed E-state index contributed by atoms with van der Waals surface area (Å²) >= 11 is 0. The molecule has 1 atom stereocenters. The molecule has 0 saturated carbocycles. The molecule has 1 aliphatic heterocycles. The molecule has 0 aromatic heterocycles. The molecule has 20 heavy (non-hydrogen) atoms. The highest BCUT2D eigenvalue weighted by atomic mass is 32.2. The Morgan fingerprint density at radius 1 is 1.35 bits per heavy atom. The Bertz CT molecular complexity index is 572. The van der Waals surface area contributed by atoms with Crippen LogP contribution in [0.4, 0.5) is 0 Å². The van der Waals surface area contributed by atoms with Crippen molar-refractivity contribution in [2.75, 3.05) is 33.9 Å². The van der Waals surface area contributed by atoms with Crippen molar-refractivity contribution in [2.24, 2.45) is 5.92 Å². The molecule has 0 bridgehead atoms. The van der Waals surface area contributed by atoms with Crippen LogP contribution in [-0.4, -0.2) is 51.7 Å². The van der Waals surface area contributed by atoms with E-state index >= 15 is 0 Å². The van der Waals surface area contributed by atoms with E-state index < -0.39 is 10.0 Å². The normalized spacial score (nSPS) is 20.1. The van der Waals surface area contributed by atoms with Crippen LogP contribution in [0.1, 0.15) is 6.42 Å². The van der Waals surface area contributed by atoms with Crippen LogP contribution in [0.15, 0.2) is 23.1 Å². The van der Waals surface area contributed by atoms with Crippen molar-refractivity contribution in [3.8, 4) is 11.5 Å². The lowest BCUT2D eigenvalue weighted by Crippen LogP contribution is -2.29. The van der Waals surface area contributed by atoms with Crippen LogP contribution in [0.3, 0.4) is 0 Å². The number of benzene rings is 1. The van der Waals surface area contributed by atoms with Gasteiger partial charge in [0.25, 0.3) is 0 Å². The molecular formula is C13H19NO5S. The fourth-order valence-corrected chi connectivity index (χ4v) is 3.99. The molecule has 0 radical (unpaired) electrons. The third kappa shape index (κ3) is 2.74. The Hall–Kier alpha value is -1.31. The summed E-state index contributed by atoms with van der Waals surface area (Å²) in [5, 5.41) is 9.14. The molecule has 0 spiro atoms. The van der Waals surface area contributed by atoms with Crippen molar-refractivity contribution < 1.29 is 23.0 Å². The lowest BCUT2D eigenvalue weighted by molar-refractivity contribution is 0.233. The zero-order chi connectivity index (χ0) is 14.8. The second-order valence-corrected chi connectivity index (χ2v) is 6.62. The number of hydrogen-bond donors (Lipinski definition) is 1. The monoisotopic (exact) mass is 301 g/mol. The number of methoxy groups -OCH3 is 2. The number of hydrogen-bond acceptors (Lipinski definition) is 5. The van der Waals surface area contributed by atoms with Gasteiger partial charge in [0.2, 0.25) is 10.0 Å². The molecule has 112 valence electrons. The number of aliphatic hydroxyl groups excluding tert-OH is 1. The molecule has 2 rings (SSSR count). The summed E-state index contributed by atoms with van der Waals surface area (Å²) in [5.74, 6) is 0.752. The number of aliphatic hydroxyl groups is 1. The first-order chi connectivity index (χ1) is 9.52. The van der Waals surface area contributed by atoms with Crippen LogP contribution in [0.2, 0.25) is 0 Å². The van der Waals surface area contributed by atoms with E-state index in [0.29, 0.717) is 31.0 Å². The second kappa shape index (κ2) is 5.99. The predicted octanol–water partition coefficient (Wildman–Crippen LogP) is 0.707. The van der Waals surface area contributed by atoms with Gasteiger partial charge in [0.05, 0.1) is 14.2 Å². The van der Waals surface area contributed by atoms with Crippen molar-refractivity contribution in [1.82, 2.24) is 4.31 Å². The van der Waals surface area contributed by atoms with Gasteiger partial charge in [-0.25, -0.2) is 8.42 Å². The molecule has 1 saturated heterocycles. The molecule has 1 aromatic rings. The van der Waals surface area contributed by atoms with Crippen LogP contribution < -0.4 is 9.47 Å². The van der Waals surface area contributed by atoms with Crippen LogP contribution in [-0.2, 0) is 10.0 Å². The molecule has 0 amide bonds. The quantitative estimate of drug-likeness (QED) is 0.866. The van der Waals surface area contributed by atoms with Crippen LogP contribution in [0.25, 0.3) is 0 Å². The van der Waals surface area contributed by atoms with Gasteiger partial charge < -0.3 is 14.6 Å². The maximum absolute atomic E-state index is 12.7. The average Bonchev–Trinajstić information content (AvgIpc) is 2.96. The van der Waals surface area contributed by atoms with Gasteiger partial charge >= 0.3 is 0 Å². The third-order valence-electron chi connectivity index (χ3n) is 3.50. The first-order valence-electron chi connectivity index (χ1n) is 6.36. The second-order valence-electron chi connectivity index (χ2n) is 4.72. The Kier molecular flexibility index (Phi) is 4.52. The SMILES string of the molecule is COc1ccc(OC)c(S(=O)(=O)N2CCC(CO)C2)c1. The van der Waals surface area contributed by atoms with Gasteiger partial charge in [0.15, 0.2) is 0 Å². The van der Waals surface area contributed by atoms with Gasteiger partial charge in [-0.2, -0.15) is 4.31 Å². The maximum atomic E-state index is 12.7. The molecule has 1 heterocycles. The molecule has 1 N–H and O–H groups in total. The van der Waals surface area contributed by atoms with Gasteiger partial charge in [-0.15, -0.1) is 0 Å². The van der Waals surface area contributed by atoms with Crippen molar-refractivity contribution in [3.05, 3.63) is 18.2 Å². The molecular weight excluding hydrogens is 282 g/mol. The van der Waals surface area contributed by atoms with Gasteiger partial charge in [-0.3, -0.25) is 0 Å². The van der Waals surface area contributed by atoms with Crippen molar-refractivity contribution in [1.29, 1.82) is 0 Å². The van der Waals surface area contributed by atoms with Gasteiger partial charge in [-0.1, -0.05) is 0 Å². The van der Waals surface area contributed by atoms with E-state index in [1.54, 1.807) is 12.1 Å². The zero-order valence-corrected chi connectivity index (χ0v) is 12.4. The van der Waals surface area contributed by atoms with Crippen LogP contribution in [0.5, 0.6) is 11.5 Å². The number of nitrogens with zero attached hydrogens (tertiary/aromatic N) is 1. The predicted molar refractivity (Wildman–Crippen MR) is 73.5 cm³/mol. The molecule has 1 unspecified atom stereocenters. The first kappa shape index (κ1) is 15.1. The van der Waals surface area contributed by atoms with Crippen molar-refractivity contribution >= 4 is 10.0 Å². The molecule has 1 aliphatic rings.